The van der Waals surface area contributed by atoms with E-state index in [-0.39, 0.29) is 23.6 Å². The van der Waals surface area contributed by atoms with Gasteiger partial charge in [0.2, 0.25) is 5.91 Å². The number of carbonyl (C=O) groups excluding carboxylic acids is 2. The van der Waals surface area contributed by atoms with E-state index in [1.54, 1.807) is 28.1 Å². The number of aromatic nitrogens is 3. The second kappa shape index (κ2) is 10.4. The van der Waals surface area contributed by atoms with Crippen LogP contribution < -0.4 is 10.9 Å². The Hall–Kier alpha value is -3.50. The van der Waals surface area contributed by atoms with Crippen molar-refractivity contribution in [3.63, 3.8) is 0 Å². The molecule has 0 bridgehead atoms. The molecule has 0 atom stereocenters. The first-order valence-corrected chi connectivity index (χ1v) is 11.9. The van der Waals surface area contributed by atoms with Gasteiger partial charge in [0, 0.05) is 5.38 Å². The van der Waals surface area contributed by atoms with Crippen molar-refractivity contribution in [2.75, 3.05) is 18.2 Å². The van der Waals surface area contributed by atoms with Crippen molar-refractivity contribution >= 4 is 51.0 Å². The standard InChI is InChI=1S/C23H20N4O4S2/c1-31-20(29)11-16-13-32-22(24-16)26-19(28)14-33-23-25-18-10-6-5-9-17(18)21(30)27(23)12-15-7-3-2-4-8-15/h2-10,13H,11-12,14H2,1H3,(H,24,26,28). The summed E-state index contributed by atoms with van der Waals surface area (Å²) in [6.45, 7) is 0.352. The molecule has 0 fully saturated rings. The molecule has 0 aliphatic carbocycles. The van der Waals surface area contributed by atoms with Gasteiger partial charge in [0.1, 0.15) is 0 Å². The van der Waals surface area contributed by atoms with Crippen molar-refractivity contribution in [2.45, 2.75) is 18.1 Å². The molecular formula is C23H20N4O4S2. The number of ether oxygens (including phenoxy) is 1. The Morgan fingerprint density at radius 3 is 2.64 bits per heavy atom. The summed E-state index contributed by atoms with van der Waals surface area (Å²) in [5.74, 6) is -0.633. The van der Waals surface area contributed by atoms with Crippen LogP contribution in [-0.2, 0) is 27.3 Å². The van der Waals surface area contributed by atoms with E-state index in [0.29, 0.717) is 33.4 Å². The summed E-state index contributed by atoms with van der Waals surface area (Å²) < 4.78 is 6.22. The highest BCUT2D eigenvalue weighted by Gasteiger charge is 2.15. The summed E-state index contributed by atoms with van der Waals surface area (Å²) >= 11 is 2.42. The van der Waals surface area contributed by atoms with Crippen molar-refractivity contribution < 1.29 is 14.3 Å². The van der Waals surface area contributed by atoms with Crippen molar-refractivity contribution in [3.05, 3.63) is 81.6 Å². The molecule has 1 N–H and O–H groups in total. The van der Waals surface area contributed by atoms with Gasteiger partial charge < -0.3 is 10.1 Å². The van der Waals surface area contributed by atoms with E-state index >= 15 is 0 Å². The van der Waals surface area contributed by atoms with Crippen LogP contribution >= 0.6 is 23.1 Å². The molecule has 0 unspecified atom stereocenters. The quantitative estimate of drug-likeness (QED) is 0.234. The van der Waals surface area contributed by atoms with Gasteiger partial charge in [0.15, 0.2) is 10.3 Å². The number of carbonyl (C=O) groups is 2. The number of thioether (sulfide) groups is 1. The minimum absolute atomic E-state index is 0.0460. The Labute approximate surface area is 197 Å². The van der Waals surface area contributed by atoms with Crippen LogP contribution in [-0.4, -0.2) is 39.3 Å². The topological polar surface area (TPSA) is 103 Å². The Kier molecular flexibility index (Phi) is 7.16. The number of esters is 1. The largest absolute Gasteiger partial charge is 0.469 e. The molecule has 10 heteroatoms. The molecule has 4 rings (SSSR count). The van der Waals surface area contributed by atoms with E-state index in [9.17, 15) is 14.4 Å². The predicted octanol–water partition coefficient (Wildman–Crippen LogP) is 3.35. The molecule has 8 nitrogen and oxygen atoms in total. The van der Waals surface area contributed by atoms with Crippen molar-refractivity contribution in [2.24, 2.45) is 0 Å². The molecule has 2 heterocycles. The fraction of sp³-hybridized carbons (Fsp3) is 0.174. The number of hydrogen-bond donors (Lipinski definition) is 1. The van der Waals surface area contributed by atoms with Gasteiger partial charge in [-0.25, -0.2) is 9.97 Å². The molecule has 0 spiro atoms. The lowest BCUT2D eigenvalue weighted by Gasteiger charge is -2.13. The Morgan fingerprint density at radius 2 is 1.85 bits per heavy atom. The molecule has 0 saturated carbocycles. The minimum Gasteiger partial charge on any atom is -0.469 e. The molecule has 168 valence electrons. The van der Waals surface area contributed by atoms with Crippen LogP contribution in [0.15, 0.2) is 69.9 Å². The highest BCUT2D eigenvalue weighted by molar-refractivity contribution is 7.99. The monoisotopic (exact) mass is 480 g/mol. The van der Waals surface area contributed by atoms with E-state index in [0.717, 1.165) is 5.56 Å². The number of methoxy groups -OCH3 is 1. The Balaban J connectivity index is 1.51. The van der Waals surface area contributed by atoms with Crippen LogP contribution in [0.1, 0.15) is 11.3 Å². The van der Waals surface area contributed by atoms with Crippen molar-refractivity contribution in [3.8, 4) is 0 Å². The van der Waals surface area contributed by atoms with Gasteiger partial charge in [-0.05, 0) is 17.7 Å². The number of nitrogens with one attached hydrogen (secondary N) is 1. The number of benzene rings is 2. The maximum Gasteiger partial charge on any atom is 0.311 e. The normalized spacial score (nSPS) is 10.8. The van der Waals surface area contributed by atoms with Gasteiger partial charge in [-0.1, -0.05) is 54.2 Å². The molecule has 0 aliphatic heterocycles. The zero-order valence-electron chi connectivity index (χ0n) is 17.7. The summed E-state index contributed by atoms with van der Waals surface area (Å²) in [5.41, 5.74) is 1.92. The number of fused-ring (bicyclic) bond motifs is 1. The number of hydrogen-bond acceptors (Lipinski definition) is 8. The van der Waals surface area contributed by atoms with Gasteiger partial charge in [0.25, 0.3) is 5.56 Å². The van der Waals surface area contributed by atoms with E-state index in [4.69, 9.17) is 0 Å². The predicted molar refractivity (Wildman–Crippen MR) is 129 cm³/mol. The number of nitrogens with zero attached hydrogens (tertiary/aromatic N) is 3. The second-order valence-electron chi connectivity index (χ2n) is 7.02. The fourth-order valence-corrected chi connectivity index (χ4v) is 4.64. The highest BCUT2D eigenvalue weighted by atomic mass is 32.2. The lowest BCUT2D eigenvalue weighted by atomic mass is 10.2. The van der Waals surface area contributed by atoms with Crippen molar-refractivity contribution in [1.82, 2.24) is 14.5 Å². The summed E-state index contributed by atoms with van der Waals surface area (Å²) in [5, 5.41) is 5.81. The minimum atomic E-state index is -0.396. The SMILES string of the molecule is COC(=O)Cc1csc(NC(=O)CSc2nc3ccccc3c(=O)n2Cc2ccccc2)n1. The molecule has 0 saturated heterocycles. The van der Waals surface area contributed by atoms with E-state index in [2.05, 4.69) is 20.0 Å². The first kappa shape index (κ1) is 22.7. The van der Waals surface area contributed by atoms with Crippen LogP contribution in [0, 0.1) is 0 Å². The van der Waals surface area contributed by atoms with Gasteiger partial charge >= 0.3 is 5.97 Å². The highest BCUT2D eigenvalue weighted by Crippen LogP contribution is 2.21. The maximum absolute atomic E-state index is 13.2. The van der Waals surface area contributed by atoms with E-state index in [1.165, 1.54) is 30.2 Å². The number of thiazole rings is 1. The van der Waals surface area contributed by atoms with Gasteiger partial charge in [-0.3, -0.25) is 19.0 Å². The van der Waals surface area contributed by atoms with Crippen LogP contribution in [0.25, 0.3) is 10.9 Å². The summed E-state index contributed by atoms with van der Waals surface area (Å²) in [6, 6.07) is 16.8. The number of amides is 1. The third-order valence-corrected chi connectivity index (χ3v) is 6.48. The molecule has 33 heavy (non-hydrogen) atoms. The lowest BCUT2D eigenvalue weighted by Crippen LogP contribution is -2.24. The van der Waals surface area contributed by atoms with Gasteiger partial charge in [-0.2, -0.15) is 0 Å². The van der Waals surface area contributed by atoms with E-state index in [1.807, 2.05) is 36.4 Å². The zero-order chi connectivity index (χ0) is 23.2. The summed E-state index contributed by atoms with van der Waals surface area (Å²) in [6.07, 6.45) is 0.0460. The fourth-order valence-electron chi connectivity index (χ4n) is 3.11. The molecule has 2 aromatic carbocycles. The van der Waals surface area contributed by atoms with Crippen LogP contribution in [0.2, 0.25) is 0 Å². The Bertz CT molecular complexity index is 1350. The van der Waals surface area contributed by atoms with Crippen LogP contribution in [0.4, 0.5) is 5.13 Å². The third kappa shape index (κ3) is 5.65. The third-order valence-electron chi connectivity index (χ3n) is 4.69. The molecule has 0 radical (unpaired) electrons. The lowest BCUT2D eigenvalue weighted by molar-refractivity contribution is -0.139. The van der Waals surface area contributed by atoms with Gasteiger partial charge in [0.05, 0.1) is 42.4 Å². The number of anilines is 1. The number of rotatable bonds is 8. The van der Waals surface area contributed by atoms with E-state index < -0.39 is 5.97 Å². The van der Waals surface area contributed by atoms with Crippen LogP contribution in [0.3, 0.4) is 0 Å². The average molecular weight is 481 g/mol. The van der Waals surface area contributed by atoms with Crippen molar-refractivity contribution in [1.29, 1.82) is 0 Å². The maximum atomic E-state index is 13.2. The summed E-state index contributed by atoms with van der Waals surface area (Å²) in [7, 11) is 1.31. The molecule has 1 amide bonds. The van der Waals surface area contributed by atoms with Gasteiger partial charge in [-0.15, -0.1) is 11.3 Å². The molecule has 0 aliphatic rings. The second-order valence-corrected chi connectivity index (χ2v) is 8.82. The smallest absolute Gasteiger partial charge is 0.311 e. The zero-order valence-corrected chi connectivity index (χ0v) is 19.3. The summed E-state index contributed by atoms with van der Waals surface area (Å²) in [4.78, 5) is 45.9. The molecule has 2 aromatic heterocycles. The van der Waals surface area contributed by atoms with Crippen LogP contribution in [0.5, 0.6) is 0 Å². The Morgan fingerprint density at radius 1 is 1.09 bits per heavy atom. The number of para-hydroxylation sites is 1. The first-order valence-electron chi connectivity index (χ1n) is 10.0. The first-order chi connectivity index (χ1) is 16.0. The molecule has 4 aromatic rings. The molecular weight excluding hydrogens is 460 g/mol. The average Bonchev–Trinajstić information content (AvgIpc) is 3.26.